The smallest absolute Gasteiger partial charge is 0.242 e. The van der Waals surface area contributed by atoms with Crippen molar-refractivity contribution in [1.29, 1.82) is 0 Å². The summed E-state index contributed by atoms with van der Waals surface area (Å²) in [7, 11) is 0. The molecule has 106 valence electrons. The molecule has 1 aromatic carbocycles. The second-order valence-corrected chi connectivity index (χ2v) is 5.43. The van der Waals surface area contributed by atoms with E-state index in [1.807, 2.05) is 40.7 Å². The van der Waals surface area contributed by atoms with Crippen molar-refractivity contribution < 1.29 is 4.79 Å². The van der Waals surface area contributed by atoms with Crippen LogP contribution in [0.15, 0.2) is 24.3 Å². The molecule has 0 saturated carbocycles. The molecule has 1 aliphatic rings. The van der Waals surface area contributed by atoms with Crippen molar-refractivity contribution in [1.82, 2.24) is 19.8 Å². The van der Waals surface area contributed by atoms with Crippen LogP contribution in [0.3, 0.4) is 0 Å². The van der Waals surface area contributed by atoms with Gasteiger partial charge < -0.3 is 14.8 Å². The van der Waals surface area contributed by atoms with Crippen molar-refractivity contribution in [3.05, 3.63) is 30.1 Å². The Balaban J connectivity index is 1.82. The summed E-state index contributed by atoms with van der Waals surface area (Å²) in [5.74, 6) is 1.06. The fraction of sp³-hybridized carbons (Fsp3) is 0.467. The molecule has 3 rings (SSSR count). The van der Waals surface area contributed by atoms with Crippen LogP contribution in [0, 0.1) is 6.92 Å². The maximum absolute atomic E-state index is 12.5. The Kier molecular flexibility index (Phi) is 3.44. The number of carbonyl (C=O) groups is 1. The van der Waals surface area contributed by atoms with Gasteiger partial charge in [-0.15, -0.1) is 0 Å². The number of para-hydroxylation sites is 2. The predicted molar refractivity (Wildman–Crippen MR) is 78.5 cm³/mol. The number of hydrogen-bond donors (Lipinski definition) is 1. The largest absolute Gasteiger partial charge is 0.338 e. The molecule has 0 radical (unpaired) electrons. The highest BCUT2D eigenvalue weighted by molar-refractivity contribution is 5.81. The summed E-state index contributed by atoms with van der Waals surface area (Å²) < 4.78 is 2.00. The normalized spacial score (nSPS) is 19.5. The first kappa shape index (κ1) is 13.1. The molecule has 2 aromatic rings. The van der Waals surface area contributed by atoms with Crippen molar-refractivity contribution in [3.8, 4) is 0 Å². The second-order valence-electron chi connectivity index (χ2n) is 5.43. The third kappa shape index (κ3) is 2.41. The highest BCUT2D eigenvalue weighted by Crippen LogP contribution is 2.15. The van der Waals surface area contributed by atoms with E-state index in [-0.39, 0.29) is 5.91 Å². The van der Waals surface area contributed by atoms with Crippen molar-refractivity contribution in [3.63, 3.8) is 0 Å². The van der Waals surface area contributed by atoms with Crippen molar-refractivity contribution in [2.45, 2.75) is 26.4 Å². The van der Waals surface area contributed by atoms with Crippen LogP contribution in [0.4, 0.5) is 0 Å². The Morgan fingerprint density at radius 3 is 3.05 bits per heavy atom. The van der Waals surface area contributed by atoms with Crippen LogP contribution in [-0.4, -0.2) is 46.0 Å². The van der Waals surface area contributed by atoms with E-state index in [1.54, 1.807) is 0 Å². The number of aryl methyl sites for hydroxylation is 1. The van der Waals surface area contributed by atoms with Gasteiger partial charge in [-0.1, -0.05) is 12.1 Å². The first-order chi connectivity index (χ1) is 9.65. The first-order valence-corrected chi connectivity index (χ1v) is 7.08. The van der Waals surface area contributed by atoms with E-state index in [2.05, 4.69) is 17.2 Å². The number of amides is 1. The van der Waals surface area contributed by atoms with E-state index in [0.717, 1.165) is 36.5 Å². The zero-order valence-electron chi connectivity index (χ0n) is 12.0. The van der Waals surface area contributed by atoms with E-state index in [9.17, 15) is 4.79 Å². The van der Waals surface area contributed by atoms with Gasteiger partial charge >= 0.3 is 0 Å². The SMILES string of the molecule is Cc1nc2ccccc2n1CC(=O)N1CCNC(C)C1. The minimum atomic E-state index is 0.171. The Bertz CT molecular complexity index is 634. The molecule has 1 saturated heterocycles. The average molecular weight is 272 g/mol. The Hall–Kier alpha value is -1.88. The van der Waals surface area contributed by atoms with Gasteiger partial charge in [0.05, 0.1) is 11.0 Å². The maximum atomic E-state index is 12.5. The minimum absolute atomic E-state index is 0.171. The monoisotopic (exact) mass is 272 g/mol. The first-order valence-electron chi connectivity index (χ1n) is 7.08. The quantitative estimate of drug-likeness (QED) is 0.892. The van der Waals surface area contributed by atoms with Crippen LogP contribution in [0.25, 0.3) is 11.0 Å². The molecule has 1 N–H and O–H groups in total. The summed E-state index contributed by atoms with van der Waals surface area (Å²) in [5.41, 5.74) is 1.98. The van der Waals surface area contributed by atoms with E-state index >= 15 is 0 Å². The topological polar surface area (TPSA) is 50.2 Å². The number of piperazine rings is 1. The molecule has 5 nitrogen and oxygen atoms in total. The summed E-state index contributed by atoms with van der Waals surface area (Å²) in [4.78, 5) is 18.9. The average Bonchev–Trinajstić information content (AvgIpc) is 2.75. The lowest BCUT2D eigenvalue weighted by Crippen LogP contribution is -2.52. The van der Waals surface area contributed by atoms with Gasteiger partial charge in [-0.2, -0.15) is 0 Å². The van der Waals surface area contributed by atoms with Gasteiger partial charge in [0.15, 0.2) is 0 Å². The third-order valence-electron chi connectivity index (χ3n) is 3.86. The van der Waals surface area contributed by atoms with E-state index in [4.69, 9.17) is 0 Å². The lowest BCUT2D eigenvalue weighted by molar-refractivity contribution is -0.132. The molecule has 1 atom stereocenters. The molecule has 5 heteroatoms. The number of hydrogen-bond acceptors (Lipinski definition) is 3. The summed E-state index contributed by atoms with van der Waals surface area (Å²) in [5, 5.41) is 3.35. The summed E-state index contributed by atoms with van der Waals surface area (Å²) in [6.45, 7) is 6.87. The van der Waals surface area contributed by atoms with Gasteiger partial charge in [0.25, 0.3) is 0 Å². The van der Waals surface area contributed by atoms with Crippen LogP contribution in [0.2, 0.25) is 0 Å². The number of nitrogens with zero attached hydrogens (tertiary/aromatic N) is 3. The van der Waals surface area contributed by atoms with Crippen LogP contribution in [0.1, 0.15) is 12.7 Å². The number of fused-ring (bicyclic) bond motifs is 1. The lowest BCUT2D eigenvalue weighted by Gasteiger charge is -2.32. The number of rotatable bonds is 2. The van der Waals surface area contributed by atoms with E-state index in [1.165, 1.54) is 0 Å². The fourth-order valence-electron chi connectivity index (χ4n) is 2.79. The summed E-state index contributed by atoms with van der Waals surface area (Å²) >= 11 is 0. The highest BCUT2D eigenvalue weighted by atomic mass is 16.2. The Morgan fingerprint density at radius 2 is 2.25 bits per heavy atom. The number of aromatic nitrogens is 2. The number of benzene rings is 1. The number of carbonyl (C=O) groups excluding carboxylic acids is 1. The second kappa shape index (κ2) is 5.25. The van der Waals surface area contributed by atoms with E-state index < -0.39 is 0 Å². The molecule has 1 aliphatic heterocycles. The fourth-order valence-corrected chi connectivity index (χ4v) is 2.79. The molecule has 1 fully saturated rings. The summed E-state index contributed by atoms with van der Waals surface area (Å²) in [6.07, 6.45) is 0. The van der Waals surface area contributed by atoms with Gasteiger partial charge in [-0.05, 0) is 26.0 Å². The molecule has 0 spiro atoms. The van der Waals surface area contributed by atoms with Gasteiger partial charge in [0.2, 0.25) is 5.91 Å². The van der Waals surface area contributed by atoms with Crippen LogP contribution in [-0.2, 0) is 11.3 Å². The van der Waals surface area contributed by atoms with Crippen LogP contribution < -0.4 is 5.32 Å². The molecular formula is C15H20N4O. The number of imidazole rings is 1. The molecule has 20 heavy (non-hydrogen) atoms. The van der Waals surface area contributed by atoms with Gasteiger partial charge in [-0.3, -0.25) is 4.79 Å². The van der Waals surface area contributed by atoms with Crippen LogP contribution >= 0.6 is 0 Å². The van der Waals surface area contributed by atoms with Gasteiger partial charge in [0.1, 0.15) is 12.4 Å². The molecule has 0 aliphatic carbocycles. The molecule has 1 aromatic heterocycles. The zero-order chi connectivity index (χ0) is 14.1. The van der Waals surface area contributed by atoms with Gasteiger partial charge in [0, 0.05) is 25.7 Å². The molecule has 1 amide bonds. The van der Waals surface area contributed by atoms with E-state index in [0.29, 0.717) is 12.6 Å². The van der Waals surface area contributed by atoms with Crippen LogP contribution in [0.5, 0.6) is 0 Å². The highest BCUT2D eigenvalue weighted by Gasteiger charge is 2.21. The van der Waals surface area contributed by atoms with Crippen molar-refractivity contribution in [2.75, 3.05) is 19.6 Å². The molecule has 1 unspecified atom stereocenters. The summed E-state index contributed by atoms with van der Waals surface area (Å²) in [6, 6.07) is 8.32. The van der Waals surface area contributed by atoms with Crippen molar-refractivity contribution >= 4 is 16.9 Å². The number of nitrogens with one attached hydrogen (secondary N) is 1. The Labute approximate surface area is 118 Å². The van der Waals surface area contributed by atoms with Gasteiger partial charge in [-0.25, -0.2) is 4.98 Å². The van der Waals surface area contributed by atoms with Crippen molar-refractivity contribution in [2.24, 2.45) is 0 Å². The molecule has 2 heterocycles. The maximum Gasteiger partial charge on any atom is 0.242 e. The standard InChI is InChI=1S/C15H20N4O/c1-11-9-18(8-7-16-11)15(20)10-19-12(2)17-13-5-3-4-6-14(13)19/h3-6,11,16H,7-10H2,1-2H3. The molecule has 0 bridgehead atoms. The predicted octanol–water partition coefficient (Wildman–Crippen LogP) is 1.17. The zero-order valence-corrected chi connectivity index (χ0v) is 12.0. The molecular weight excluding hydrogens is 252 g/mol. The third-order valence-corrected chi connectivity index (χ3v) is 3.86. The Morgan fingerprint density at radius 1 is 1.45 bits per heavy atom. The minimum Gasteiger partial charge on any atom is -0.338 e. The lowest BCUT2D eigenvalue weighted by atomic mass is 10.2.